The molecule has 9 heteroatoms. The largest absolute Gasteiger partial charge is 0.318 e. The van der Waals surface area contributed by atoms with Crippen LogP contribution in [0.1, 0.15) is 31.7 Å². The fraction of sp³-hybridized carbons (Fsp3) is 0.500. The first kappa shape index (κ1) is 17.3. The van der Waals surface area contributed by atoms with Crippen molar-refractivity contribution in [1.82, 2.24) is 4.72 Å². The van der Waals surface area contributed by atoms with Crippen LogP contribution < -0.4 is 16.0 Å². The van der Waals surface area contributed by atoms with Crippen molar-refractivity contribution < 1.29 is 13.3 Å². The maximum Gasteiger partial charge on any atom is 0.295 e. The number of nitro groups is 1. The zero-order valence-electron chi connectivity index (χ0n) is 12.0. The van der Waals surface area contributed by atoms with Crippen LogP contribution in [0.2, 0.25) is 0 Å². The molecule has 0 amide bonds. The Morgan fingerprint density at radius 1 is 1.33 bits per heavy atom. The summed E-state index contributed by atoms with van der Waals surface area (Å²) in [5.41, 5.74) is 2.28. The summed E-state index contributed by atoms with van der Waals surface area (Å²) in [6.07, 6.45) is 2.61. The molecule has 8 nitrogen and oxygen atoms in total. The molecule has 0 bridgehead atoms. The predicted molar refractivity (Wildman–Crippen MR) is 80.4 cm³/mol. The maximum atomic E-state index is 12.2. The first-order valence-electron chi connectivity index (χ1n) is 6.58. The van der Waals surface area contributed by atoms with Crippen LogP contribution in [0.4, 0.5) is 11.4 Å². The van der Waals surface area contributed by atoms with E-state index < -0.39 is 14.9 Å². The van der Waals surface area contributed by atoms with Gasteiger partial charge in [-0.25, -0.2) is 13.1 Å². The fourth-order valence-electron chi connectivity index (χ4n) is 1.89. The molecular weight excluding hydrogens is 296 g/mol. The lowest BCUT2D eigenvalue weighted by Crippen LogP contribution is -2.25. The monoisotopic (exact) mass is 316 g/mol. The molecule has 0 saturated carbocycles. The molecule has 4 N–H and O–H groups in total. The van der Waals surface area contributed by atoms with Crippen molar-refractivity contribution in [3.05, 3.63) is 27.8 Å². The van der Waals surface area contributed by atoms with E-state index in [0.717, 1.165) is 25.3 Å². The number of hydrogen-bond acceptors (Lipinski definition) is 6. The minimum atomic E-state index is -3.78. The van der Waals surface area contributed by atoms with Gasteiger partial charge in [-0.3, -0.25) is 16.0 Å². The molecule has 0 aliphatic carbocycles. The highest BCUT2D eigenvalue weighted by atomic mass is 32.2. The van der Waals surface area contributed by atoms with Crippen molar-refractivity contribution in [2.45, 2.75) is 38.0 Å². The number of hydrazine groups is 1. The van der Waals surface area contributed by atoms with Crippen LogP contribution in [0.25, 0.3) is 0 Å². The van der Waals surface area contributed by atoms with Gasteiger partial charge in [-0.2, -0.15) is 0 Å². The fourth-order valence-corrected chi connectivity index (χ4v) is 3.21. The number of nitrogens with one attached hydrogen (secondary N) is 2. The second-order valence-electron chi connectivity index (χ2n) is 4.64. The molecule has 0 atom stereocenters. The van der Waals surface area contributed by atoms with Crippen LogP contribution in [0.3, 0.4) is 0 Å². The number of benzene rings is 1. The Balaban J connectivity index is 3.11. The molecular formula is C12H20N4O4S. The highest BCUT2D eigenvalue weighted by Gasteiger charge is 2.23. The number of nitrogens with two attached hydrogens (primary N) is 1. The van der Waals surface area contributed by atoms with Crippen LogP contribution in [0, 0.1) is 17.0 Å². The smallest absolute Gasteiger partial charge is 0.295 e. The second-order valence-corrected chi connectivity index (χ2v) is 6.38. The molecule has 0 heterocycles. The zero-order chi connectivity index (χ0) is 16.0. The third kappa shape index (κ3) is 4.38. The number of nitro benzene ring substituents is 1. The van der Waals surface area contributed by atoms with Gasteiger partial charge in [0.1, 0.15) is 5.69 Å². The van der Waals surface area contributed by atoms with E-state index in [4.69, 9.17) is 5.84 Å². The third-order valence-electron chi connectivity index (χ3n) is 3.01. The molecule has 1 rings (SSSR count). The number of rotatable bonds is 8. The summed E-state index contributed by atoms with van der Waals surface area (Å²) in [5.74, 6) is 5.21. The lowest BCUT2D eigenvalue weighted by Gasteiger charge is -2.11. The molecule has 1 aromatic carbocycles. The highest BCUT2D eigenvalue weighted by Crippen LogP contribution is 2.29. The molecule has 0 aliphatic heterocycles. The third-order valence-corrected chi connectivity index (χ3v) is 4.61. The molecule has 21 heavy (non-hydrogen) atoms. The Kier molecular flexibility index (Phi) is 6.06. The lowest BCUT2D eigenvalue weighted by atomic mass is 10.2. The number of anilines is 1. The van der Waals surface area contributed by atoms with E-state index in [2.05, 4.69) is 10.1 Å². The zero-order valence-corrected chi connectivity index (χ0v) is 12.9. The van der Waals surface area contributed by atoms with E-state index in [0.29, 0.717) is 12.1 Å². The van der Waals surface area contributed by atoms with Gasteiger partial charge in [0.2, 0.25) is 10.0 Å². The Hall–Kier alpha value is -1.71. The molecule has 0 aliphatic rings. The molecule has 1 aromatic rings. The Bertz CT molecular complexity index is 616. The van der Waals surface area contributed by atoms with Gasteiger partial charge in [-0.1, -0.05) is 19.8 Å². The maximum absolute atomic E-state index is 12.2. The average molecular weight is 316 g/mol. The van der Waals surface area contributed by atoms with Gasteiger partial charge < -0.3 is 5.43 Å². The first-order valence-corrected chi connectivity index (χ1v) is 8.07. The van der Waals surface area contributed by atoms with Crippen molar-refractivity contribution >= 4 is 21.4 Å². The van der Waals surface area contributed by atoms with Gasteiger partial charge in [0.15, 0.2) is 0 Å². The first-order chi connectivity index (χ1) is 9.83. The van der Waals surface area contributed by atoms with Crippen molar-refractivity contribution in [2.24, 2.45) is 5.84 Å². The summed E-state index contributed by atoms with van der Waals surface area (Å²) in [7, 11) is -3.78. The number of hydrogen-bond donors (Lipinski definition) is 3. The van der Waals surface area contributed by atoms with E-state index in [1.54, 1.807) is 6.92 Å². The highest BCUT2D eigenvalue weighted by molar-refractivity contribution is 7.89. The molecule has 0 spiro atoms. The van der Waals surface area contributed by atoms with Crippen LogP contribution in [-0.2, 0) is 10.0 Å². The van der Waals surface area contributed by atoms with Crippen molar-refractivity contribution in [3.8, 4) is 0 Å². The van der Waals surface area contributed by atoms with Crippen LogP contribution in [0.15, 0.2) is 17.0 Å². The van der Waals surface area contributed by atoms with Gasteiger partial charge in [-0.05, 0) is 25.0 Å². The number of unbranched alkanes of at least 4 members (excludes halogenated alkanes) is 2. The van der Waals surface area contributed by atoms with Crippen molar-refractivity contribution in [2.75, 3.05) is 12.0 Å². The van der Waals surface area contributed by atoms with Crippen LogP contribution >= 0.6 is 0 Å². The van der Waals surface area contributed by atoms with Gasteiger partial charge in [0, 0.05) is 12.6 Å². The summed E-state index contributed by atoms with van der Waals surface area (Å²) in [5, 5.41) is 11.0. The SMILES string of the molecule is CCCCCNS(=O)(=O)c1cc([N+](=O)[O-])c(NN)cc1C. The van der Waals surface area contributed by atoms with E-state index in [-0.39, 0.29) is 16.3 Å². The van der Waals surface area contributed by atoms with Gasteiger partial charge in [0.05, 0.1) is 9.82 Å². The number of nitrogens with zero attached hydrogens (tertiary/aromatic N) is 1. The standard InChI is InChI=1S/C12H20N4O4S/c1-3-4-5-6-14-21(19,20)12-8-11(16(17)18)10(15-13)7-9(12)2/h7-8,14-15H,3-6,13H2,1-2H3. The van der Waals surface area contributed by atoms with Crippen molar-refractivity contribution in [1.29, 1.82) is 0 Å². The van der Waals surface area contributed by atoms with E-state index in [1.807, 2.05) is 6.92 Å². The number of aryl methyl sites for hydroxylation is 1. The lowest BCUT2D eigenvalue weighted by molar-refractivity contribution is -0.384. The predicted octanol–water partition coefficient (Wildman–Crippen LogP) is 1.66. The van der Waals surface area contributed by atoms with E-state index >= 15 is 0 Å². The van der Waals surface area contributed by atoms with E-state index in [1.165, 1.54) is 6.07 Å². The van der Waals surface area contributed by atoms with Gasteiger partial charge >= 0.3 is 0 Å². The number of nitrogen functional groups attached to an aromatic ring is 1. The summed E-state index contributed by atoms with van der Waals surface area (Å²) < 4.78 is 26.9. The topological polar surface area (TPSA) is 127 Å². The minimum absolute atomic E-state index is 0.0717. The van der Waals surface area contributed by atoms with Crippen LogP contribution in [-0.4, -0.2) is 19.9 Å². The molecule has 0 radical (unpaired) electrons. The summed E-state index contributed by atoms with van der Waals surface area (Å²) in [6, 6.07) is 2.37. The number of sulfonamides is 1. The average Bonchev–Trinajstić information content (AvgIpc) is 2.42. The quantitative estimate of drug-likeness (QED) is 0.289. The summed E-state index contributed by atoms with van der Waals surface area (Å²) in [6.45, 7) is 3.88. The Morgan fingerprint density at radius 2 is 2.00 bits per heavy atom. The van der Waals surface area contributed by atoms with E-state index in [9.17, 15) is 18.5 Å². The molecule has 0 saturated heterocycles. The molecule has 118 valence electrons. The van der Waals surface area contributed by atoms with Gasteiger partial charge in [0.25, 0.3) is 5.69 Å². The summed E-state index contributed by atoms with van der Waals surface area (Å²) in [4.78, 5) is 10.2. The van der Waals surface area contributed by atoms with Crippen molar-refractivity contribution in [3.63, 3.8) is 0 Å². The Morgan fingerprint density at radius 3 is 2.52 bits per heavy atom. The van der Waals surface area contributed by atoms with Crippen LogP contribution in [0.5, 0.6) is 0 Å². The molecule has 0 fully saturated rings. The van der Waals surface area contributed by atoms with Gasteiger partial charge in [-0.15, -0.1) is 0 Å². The minimum Gasteiger partial charge on any atom is -0.318 e. The normalized spacial score (nSPS) is 11.4. The molecule has 0 aromatic heterocycles. The second kappa shape index (κ2) is 7.34. The Labute approximate surface area is 123 Å². The summed E-state index contributed by atoms with van der Waals surface area (Å²) >= 11 is 0. The molecule has 0 unspecified atom stereocenters.